The second-order valence-electron chi connectivity index (χ2n) is 3.97. The predicted molar refractivity (Wildman–Crippen MR) is 57.4 cm³/mol. The molecule has 4 heteroatoms. The SMILES string of the molecule is CC(=O)OC1CN(C)CCC1C=CCO. The van der Waals surface area contributed by atoms with E-state index in [9.17, 15) is 4.79 Å². The monoisotopic (exact) mass is 213 g/mol. The summed E-state index contributed by atoms with van der Waals surface area (Å²) >= 11 is 0. The molecule has 15 heavy (non-hydrogen) atoms. The second kappa shape index (κ2) is 5.88. The van der Waals surface area contributed by atoms with E-state index in [1.165, 1.54) is 6.92 Å². The zero-order valence-electron chi connectivity index (χ0n) is 9.35. The zero-order valence-corrected chi connectivity index (χ0v) is 9.35. The van der Waals surface area contributed by atoms with Gasteiger partial charge in [0.25, 0.3) is 0 Å². The number of hydrogen-bond acceptors (Lipinski definition) is 4. The third-order valence-electron chi connectivity index (χ3n) is 2.62. The Labute approximate surface area is 90.5 Å². The van der Waals surface area contributed by atoms with Gasteiger partial charge in [0.15, 0.2) is 0 Å². The molecule has 2 atom stereocenters. The van der Waals surface area contributed by atoms with Gasteiger partial charge in [0, 0.05) is 19.4 Å². The smallest absolute Gasteiger partial charge is 0.302 e. The number of carbonyl (C=O) groups is 1. The minimum absolute atomic E-state index is 0.0408. The van der Waals surface area contributed by atoms with Crippen LogP contribution in [0.5, 0.6) is 0 Å². The van der Waals surface area contributed by atoms with E-state index >= 15 is 0 Å². The van der Waals surface area contributed by atoms with E-state index in [4.69, 9.17) is 9.84 Å². The molecule has 0 aromatic carbocycles. The van der Waals surface area contributed by atoms with Crippen molar-refractivity contribution in [2.75, 3.05) is 26.7 Å². The van der Waals surface area contributed by atoms with Gasteiger partial charge in [-0.3, -0.25) is 4.79 Å². The van der Waals surface area contributed by atoms with Crippen molar-refractivity contribution in [3.8, 4) is 0 Å². The Morgan fingerprint density at radius 3 is 3.00 bits per heavy atom. The van der Waals surface area contributed by atoms with Crippen molar-refractivity contribution in [1.29, 1.82) is 0 Å². The summed E-state index contributed by atoms with van der Waals surface area (Å²) in [6, 6.07) is 0. The highest BCUT2D eigenvalue weighted by molar-refractivity contribution is 5.66. The van der Waals surface area contributed by atoms with Crippen LogP contribution in [-0.2, 0) is 9.53 Å². The summed E-state index contributed by atoms with van der Waals surface area (Å²) in [6.07, 6.45) is 4.54. The van der Waals surface area contributed by atoms with Crippen molar-refractivity contribution < 1.29 is 14.6 Å². The number of likely N-dealkylation sites (N-methyl/N-ethyl adjacent to an activating group) is 1. The largest absolute Gasteiger partial charge is 0.461 e. The average molecular weight is 213 g/mol. The number of aliphatic hydroxyl groups is 1. The van der Waals surface area contributed by atoms with Gasteiger partial charge in [-0.1, -0.05) is 12.2 Å². The first kappa shape index (κ1) is 12.2. The van der Waals surface area contributed by atoms with Crippen LogP contribution in [0, 0.1) is 5.92 Å². The molecule has 0 aliphatic carbocycles. The lowest BCUT2D eigenvalue weighted by Gasteiger charge is -2.34. The molecule has 0 spiro atoms. The summed E-state index contributed by atoms with van der Waals surface area (Å²) in [6.45, 7) is 3.23. The van der Waals surface area contributed by atoms with Gasteiger partial charge in [-0.05, 0) is 20.0 Å². The number of likely N-dealkylation sites (tertiary alicyclic amines) is 1. The quantitative estimate of drug-likeness (QED) is 0.545. The highest BCUT2D eigenvalue weighted by Crippen LogP contribution is 2.21. The molecule has 1 fully saturated rings. The third-order valence-corrected chi connectivity index (χ3v) is 2.62. The van der Waals surface area contributed by atoms with Crippen molar-refractivity contribution >= 4 is 5.97 Å². The minimum atomic E-state index is -0.238. The molecule has 1 aliphatic rings. The molecule has 4 nitrogen and oxygen atoms in total. The molecule has 1 N–H and O–H groups in total. The first-order valence-corrected chi connectivity index (χ1v) is 5.26. The lowest BCUT2D eigenvalue weighted by molar-refractivity contribution is -0.150. The van der Waals surface area contributed by atoms with Crippen LogP contribution in [0.2, 0.25) is 0 Å². The lowest BCUT2D eigenvalue weighted by Crippen LogP contribution is -2.43. The summed E-state index contributed by atoms with van der Waals surface area (Å²) in [5, 5.41) is 8.71. The Kier molecular flexibility index (Phi) is 4.78. The van der Waals surface area contributed by atoms with Crippen LogP contribution in [0.25, 0.3) is 0 Å². The number of piperidine rings is 1. The maximum atomic E-state index is 10.9. The van der Waals surface area contributed by atoms with Gasteiger partial charge in [-0.15, -0.1) is 0 Å². The van der Waals surface area contributed by atoms with E-state index in [0.717, 1.165) is 19.5 Å². The van der Waals surface area contributed by atoms with Gasteiger partial charge in [-0.25, -0.2) is 0 Å². The van der Waals surface area contributed by atoms with Crippen LogP contribution < -0.4 is 0 Å². The van der Waals surface area contributed by atoms with Crippen molar-refractivity contribution in [2.45, 2.75) is 19.4 Å². The molecule has 1 rings (SSSR count). The van der Waals surface area contributed by atoms with E-state index in [0.29, 0.717) is 0 Å². The zero-order chi connectivity index (χ0) is 11.3. The molecule has 0 aromatic rings. The van der Waals surface area contributed by atoms with Gasteiger partial charge in [0.2, 0.25) is 0 Å². The van der Waals surface area contributed by atoms with Crippen molar-refractivity contribution in [2.24, 2.45) is 5.92 Å². The lowest BCUT2D eigenvalue weighted by atomic mass is 9.93. The molecular weight excluding hydrogens is 194 g/mol. The molecule has 2 unspecified atom stereocenters. The van der Waals surface area contributed by atoms with Gasteiger partial charge in [-0.2, -0.15) is 0 Å². The van der Waals surface area contributed by atoms with E-state index < -0.39 is 0 Å². The maximum Gasteiger partial charge on any atom is 0.302 e. The number of hydrogen-bond donors (Lipinski definition) is 1. The molecule has 86 valence electrons. The summed E-state index contributed by atoms with van der Waals surface area (Å²) in [5.41, 5.74) is 0. The fourth-order valence-electron chi connectivity index (χ4n) is 1.88. The number of nitrogens with zero attached hydrogens (tertiary/aromatic N) is 1. The van der Waals surface area contributed by atoms with Crippen LogP contribution in [0.15, 0.2) is 12.2 Å². The standard InChI is InChI=1S/C11H19NO3/c1-9(14)15-11-8-12(2)6-5-10(11)4-3-7-13/h3-4,10-11,13H,5-8H2,1-2H3. The minimum Gasteiger partial charge on any atom is -0.461 e. The van der Waals surface area contributed by atoms with Gasteiger partial charge >= 0.3 is 5.97 Å². The molecule has 0 amide bonds. The number of aliphatic hydroxyl groups excluding tert-OH is 1. The van der Waals surface area contributed by atoms with Crippen LogP contribution in [-0.4, -0.2) is 48.8 Å². The summed E-state index contributed by atoms with van der Waals surface area (Å²) < 4.78 is 5.26. The van der Waals surface area contributed by atoms with Crippen LogP contribution in [0.1, 0.15) is 13.3 Å². The Bertz CT molecular complexity index is 240. The molecular formula is C11H19NO3. The van der Waals surface area contributed by atoms with Gasteiger partial charge < -0.3 is 14.7 Å². The number of carbonyl (C=O) groups excluding carboxylic acids is 1. The van der Waals surface area contributed by atoms with Crippen molar-refractivity contribution in [1.82, 2.24) is 4.90 Å². The number of esters is 1. The highest BCUT2D eigenvalue weighted by Gasteiger charge is 2.27. The van der Waals surface area contributed by atoms with Crippen molar-refractivity contribution in [3.63, 3.8) is 0 Å². The molecule has 1 saturated heterocycles. The molecule has 0 radical (unpaired) electrons. The Morgan fingerprint density at radius 1 is 1.67 bits per heavy atom. The molecule has 1 heterocycles. The Balaban J connectivity index is 2.57. The molecule has 0 saturated carbocycles. The van der Waals surface area contributed by atoms with Gasteiger partial charge in [0.05, 0.1) is 6.61 Å². The summed E-state index contributed by atoms with van der Waals surface area (Å²) in [4.78, 5) is 13.1. The summed E-state index contributed by atoms with van der Waals surface area (Å²) in [7, 11) is 2.02. The third kappa shape index (κ3) is 4.01. The van der Waals surface area contributed by atoms with E-state index in [1.807, 2.05) is 13.1 Å². The molecule has 0 aromatic heterocycles. The van der Waals surface area contributed by atoms with Crippen LogP contribution in [0.3, 0.4) is 0 Å². The van der Waals surface area contributed by atoms with Gasteiger partial charge in [0.1, 0.15) is 6.10 Å². The summed E-state index contributed by atoms with van der Waals surface area (Å²) in [5.74, 6) is -0.00468. The number of ether oxygens (including phenoxy) is 1. The van der Waals surface area contributed by atoms with Crippen LogP contribution in [0.4, 0.5) is 0 Å². The fraction of sp³-hybridized carbons (Fsp3) is 0.727. The Morgan fingerprint density at radius 2 is 2.40 bits per heavy atom. The van der Waals surface area contributed by atoms with E-state index in [1.54, 1.807) is 6.08 Å². The highest BCUT2D eigenvalue weighted by atomic mass is 16.5. The predicted octanol–water partition coefficient (Wildman–Crippen LogP) is 0.418. The maximum absolute atomic E-state index is 10.9. The topological polar surface area (TPSA) is 49.8 Å². The second-order valence-corrected chi connectivity index (χ2v) is 3.97. The first-order chi connectivity index (χ1) is 7.13. The number of rotatable bonds is 3. The van der Waals surface area contributed by atoms with Crippen LogP contribution >= 0.6 is 0 Å². The molecule has 1 aliphatic heterocycles. The normalized spacial score (nSPS) is 28.2. The fourth-order valence-corrected chi connectivity index (χ4v) is 1.88. The van der Waals surface area contributed by atoms with E-state index in [-0.39, 0.29) is 24.6 Å². The Hall–Kier alpha value is -0.870. The average Bonchev–Trinajstić information content (AvgIpc) is 2.16. The van der Waals surface area contributed by atoms with Crippen molar-refractivity contribution in [3.05, 3.63) is 12.2 Å². The first-order valence-electron chi connectivity index (χ1n) is 5.26. The van der Waals surface area contributed by atoms with E-state index in [2.05, 4.69) is 4.90 Å². The molecule has 0 bridgehead atoms.